The highest BCUT2D eigenvalue weighted by molar-refractivity contribution is 5.83. The topological polar surface area (TPSA) is 21.6 Å². The summed E-state index contributed by atoms with van der Waals surface area (Å²) >= 11 is 0. The van der Waals surface area contributed by atoms with Crippen molar-refractivity contribution in [2.45, 2.75) is 59.0 Å². The van der Waals surface area contributed by atoms with Crippen molar-refractivity contribution in [3.63, 3.8) is 0 Å². The molecule has 0 saturated heterocycles. The third-order valence-corrected chi connectivity index (χ3v) is 2.20. The van der Waals surface area contributed by atoms with Gasteiger partial charge in [-0.15, -0.1) is 6.58 Å². The molecule has 0 N–H and O–H groups in total. The van der Waals surface area contributed by atoms with Crippen LogP contribution in [-0.2, 0) is 4.84 Å². The lowest BCUT2D eigenvalue weighted by atomic mass is 9.89. The standard InChI is InChI=1S/C10H17NO.C2H6/c1-4-6-10(7-5-2)8-9(3)11-12-10;1-2/h4H,1,5-8H2,2-3H3;1-2H3. The summed E-state index contributed by atoms with van der Waals surface area (Å²) in [5.41, 5.74) is 1.05. The molecule has 0 amide bonds. The van der Waals surface area contributed by atoms with E-state index in [2.05, 4.69) is 18.7 Å². The molecule has 0 aromatic carbocycles. The summed E-state index contributed by atoms with van der Waals surface area (Å²) in [6.07, 6.45) is 5.99. The molecule has 0 radical (unpaired) electrons. The maximum Gasteiger partial charge on any atom is 0.146 e. The first kappa shape index (κ1) is 13.2. The average molecular weight is 197 g/mol. The van der Waals surface area contributed by atoms with Crippen LogP contribution in [0.25, 0.3) is 0 Å². The minimum absolute atomic E-state index is 0.0550. The predicted octanol–water partition coefficient (Wildman–Crippen LogP) is 3.92. The zero-order valence-electron chi connectivity index (χ0n) is 9.97. The van der Waals surface area contributed by atoms with E-state index in [1.54, 1.807) is 0 Å². The molecule has 0 saturated carbocycles. The summed E-state index contributed by atoms with van der Waals surface area (Å²) in [5.74, 6) is 0. The van der Waals surface area contributed by atoms with Gasteiger partial charge in [-0.3, -0.25) is 0 Å². The zero-order valence-corrected chi connectivity index (χ0v) is 9.97. The maximum atomic E-state index is 5.45. The van der Waals surface area contributed by atoms with E-state index in [1.165, 1.54) is 0 Å². The number of hydrogen-bond acceptors (Lipinski definition) is 2. The van der Waals surface area contributed by atoms with Gasteiger partial charge in [-0.25, -0.2) is 0 Å². The molecule has 1 aliphatic heterocycles. The van der Waals surface area contributed by atoms with E-state index in [1.807, 2.05) is 26.8 Å². The number of oxime groups is 1. The molecule has 1 rings (SSSR count). The SMILES string of the molecule is C=CCC1(CCC)CC(C)=NO1.CC. The lowest BCUT2D eigenvalue weighted by Gasteiger charge is -2.24. The smallest absolute Gasteiger partial charge is 0.146 e. The largest absolute Gasteiger partial charge is 0.389 e. The quantitative estimate of drug-likeness (QED) is 0.626. The van der Waals surface area contributed by atoms with Gasteiger partial charge in [0.2, 0.25) is 0 Å². The van der Waals surface area contributed by atoms with Gasteiger partial charge in [-0.2, -0.15) is 0 Å². The third kappa shape index (κ3) is 3.52. The molecule has 1 unspecified atom stereocenters. The number of rotatable bonds is 4. The minimum Gasteiger partial charge on any atom is -0.389 e. The van der Waals surface area contributed by atoms with Crippen LogP contribution in [0.2, 0.25) is 0 Å². The van der Waals surface area contributed by atoms with Crippen molar-refractivity contribution in [2.75, 3.05) is 0 Å². The summed E-state index contributed by atoms with van der Waals surface area (Å²) in [7, 11) is 0. The van der Waals surface area contributed by atoms with Crippen molar-refractivity contribution >= 4 is 5.71 Å². The van der Waals surface area contributed by atoms with E-state index < -0.39 is 0 Å². The monoisotopic (exact) mass is 197 g/mol. The van der Waals surface area contributed by atoms with E-state index in [0.29, 0.717) is 0 Å². The van der Waals surface area contributed by atoms with Crippen molar-refractivity contribution < 1.29 is 4.84 Å². The first-order chi connectivity index (χ1) is 6.72. The van der Waals surface area contributed by atoms with Gasteiger partial charge in [-0.1, -0.05) is 38.4 Å². The second-order valence-electron chi connectivity index (χ2n) is 3.52. The highest BCUT2D eigenvalue weighted by atomic mass is 16.7. The lowest BCUT2D eigenvalue weighted by Crippen LogP contribution is -2.27. The Balaban J connectivity index is 0.000000791. The molecule has 0 spiro atoms. The normalized spacial score (nSPS) is 24.4. The third-order valence-electron chi connectivity index (χ3n) is 2.20. The molecule has 82 valence electrons. The molecule has 1 atom stereocenters. The van der Waals surface area contributed by atoms with Crippen molar-refractivity contribution in [1.82, 2.24) is 0 Å². The van der Waals surface area contributed by atoms with Gasteiger partial charge in [0, 0.05) is 12.8 Å². The molecule has 0 fully saturated rings. The van der Waals surface area contributed by atoms with Gasteiger partial charge in [0.25, 0.3) is 0 Å². The van der Waals surface area contributed by atoms with Gasteiger partial charge in [0.15, 0.2) is 0 Å². The van der Waals surface area contributed by atoms with Crippen molar-refractivity contribution in [3.8, 4) is 0 Å². The van der Waals surface area contributed by atoms with E-state index in [4.69, 9.17) is 4.84 Å². The first-order valence-corrected chi connectivity index (χ1v) is 5.55. The van der Waals surface area contributed by atoms with Gasteiger partial charge >= 0.3 is 0 Å². The molecular formula is C12H23NO. The Morgan fingerprint density at radius 1 is 1.57 bits per heavy atom. The van der Waals surface area contributed by atoms with Crippen LogP contribution in [0.15, 0.2) is 17.8 Å². The van der Waals surface area contributed by atoms with Crippen molar-refractivity contribution in [3.05, 3.63) is 12.7 Å². The van der Waals surface area contributed by atoms with Crippen LogP contribution in [-0.4, -0.2) is 11.3 Å². The summed E-state index contributed by atoms with van der Waals surface area (Å²) < 4.78 is 0. The van der Waals surface area contributed by atoms with Crippen LogP contribution in [0.5, 0.6) is 0 Å². The highest BCUT2D eigenvalue weighted by Gasteiger charge is 2.35. The van der Waals surface area contributed by atoms with Gasteiger partial charge in [0.1, 0.15) is 5.60 Å². The second-order valence-corrected chi connectivity index (χ2v) is 3.52. The Bertz CT molecular complexity index is 198. The average Bonchev–Trinajstić information content (AvgIpc) is 2.52. The molecule has 1 aliphatic rings. The van der Waals surface area contributed by atoms with Crippen LogP contribution < -0.4 is 0 Å². The molecule has 0 aromatic rings. The lowest BCUT2D eigenvalue weighted by molar-refractivity contribution is -0.0231. The molecule has 0 bridgehead atoms. The van der Waals surface area contributed by atoms with Crippen molar-refractivity contribution in [1.29, 1.82) is 0 Å². The number of hydrogen-bond donors (Lipinski definition) is 0. The van der Waals surface area contributed by atoms with Gasteiger partial charge < -0.3 is 4.84 Å². The van der Waals surface area contributed by atoms with Crippen LogP contribution in [0.3, 0.4) is 0 Å². The minimum atomic E-state index is -0.0550. The highest BCUT2D eigenvalue weighted by Crippen LogP contribution is 2.32. The fraction of sp³-hybridized carbons (Fsp3) is 0.750. The second kappa shape index (κ2) is 6.63. The van der Waals surface area contributed by atoms with E-state index >= 15 is 0 Å². The van der Waals surface area contributed by atoms with Crippen LogP contribution in [0, 0.1) is 0 Å². The molecule has 1 heterocycles. The maximum absolute atomic E-state index is 5.45. The molecule has 0 aromatic heterocycles. The predicted molar refractivity (Wildman–Crippen MR) is 62.6 cm³/mol. The van der Waals surface area contributed by atoms with Crippen LogP contribution in [0.1, 0.15) is 53.4 Å². The Morgan fingerprint density at radius 2 is 2.21 bits per heavy atom. The van der Waals surface area contributed by atoms with E-state index in [0.717, 1.165) is 31.4 Å². The van der Waals surface area contributed by atoms with Crippen molar-refractivity contribution in [2.24, 2.45) is 5.16 Å². The Morgan fingerprint density at radius 3 is 2.57 bits per heavy atom. The van der Waals surface area contributed by atoms with Gasteiger partial charge in [0.05, 0.1) is 5.71 Å². The van der Waals surface area contributed by atoms with Crippen LogP contribution >= 0.6 is 0 Å². The Kier molecular flexibility index (Phi) is 6.26. The van der Waals surface area contributed by atoms with E-state index in [-0.39, 0.29) is 5.60 Å². The summed E-state index contributed by atoms with van der Waals surface area (Å²) in [6.45, 7) is 11.9. The fourth-order valence-electron chi connectivity index (χ4n) is 1.77. The Labute approximate surface area is 88.0 Å². The summed E-state index contributed by atoms with van der Waals surface area (Å²) in [4.78, 5) is 5.45. The first-order valence-electron chi connectivity index (χ1n) is 5.55. The number of nitrogens with zero attached hydrogens (tertiary/aromatic N) is 1. The van der Waals surface area contributed by atoms with Gasteiger partial charge in [-0.05, 0) is 13.3 Å². The molecule has 14 heavy (non-hydrogen) atoms. The zero-order chi connectivity index (χ0) is 11.0. The van der Waals surface area contributed by atoms with Crippen LogP contribution in [0.4, 0.5) is 0 Å². The molecular weight excluding hydrogens is 174 g/mol. The Hall–Kier alpha value is -0.790. The van der Waals surface area contributed by atoms with E-state index in [9.17, 15) is 0 Å². The fourth-order valence-corrected chi connectivity index (χ4v) is 1.77. The summed E-state index contributed by atoms with van der Waals surface area (Å²) in [5, 5.41) is 4.00. The molecule has 2 heteroatoms. The molecule has 0 aliphatic carbocycles. The molecule has 2 nitrogen and oxygen atoms in total. The summed E-state index contributed by atoms with van der Waals surface area (Å²) in [6, 6.07) is 0.